The lowest BCUT2D eigenvalue weighted by molar-refractivity contribution is -0.148. The molecule has 0 aromatic heterocycles. The van der Waals surface area contributed by atoms with Crippen molar-refractivity contribution in [3.8, 4) is 5.75 Å². The van der Waals surface area contributed by atoms with Gasteiger partial charge in [0, 0.05) is 0 Å². The number of phenols is 1. The number of aromatic hydroxyl groups is 1. The van der Waals surface area contributed by atoms with Gasteiger partial charge in [0.15, 0.2) is 0 Å². The lowest BCUT2D eigenvalue weighted by atomic mass is 9.68. The van der Waals surface area contributed by atoms with Crippen LogP contribution in [-0.4, -0.2) is 24.7 Å². The van der Waals surface area contributed by atoms with Crippen LogP contribution >= 0.6 is 0 Å². The maximum atomic E-state index is 12.2. The van der Waals surface area contributed by atoms with Gasteiger partial charge in [-0.2, -0.15) is 0 Å². The fourth-order valence-corrected chi connectivity index (χ4v) is 2.96. The molecule has 4 heteroatoms. The highest BCUT2D eigenvalue weighted by Gasteiger charge is 2.43. The molecule has 0 saturated heterocycles. The monoisotopic (exact) mass is 249 g/mol. The second-order valence-electron chi connectivity index (χ2n) is 4.81. The van der Waals surface area contributed by atoms with E-state index in [2.05, 4.69) is 0 Å². The summed E-state index contributed by atoms with van der Waals surface area (Å²) in [6, 6.07) is 5.23. The Labute approximate surface area is 107 Å². The van der Waals surface area contributed by atoms with Crippen molar-refractivity contribution in [2.24, 2.45) is 5.73 Å². The number of carbonyl (C=O) groups excluding carboxylic acids is 1. The summed E-state index contributed by atoms with van der Waals surface area (Å²) in [5.74, 6) is -0.0690. The zero-order valence-corrected chi connectivity index (χ0v) is 10.6. The standard InChI is InChI=1S/C14H19NO3/c1-18-13(17)14(7-8-15)6-2-3-10-4-5-11(16)9-12(10)14/h4-5,9,16H,2-3,6-8,15H2,1H3. The summed E-state index contributed by atoms with van der Waals surface area (Å²) in [6.45, 7) is 0.421. The molecule has 0 heterocycles. The first-order valence-corrected chi connectivity index (χ1v) is 6.25. The molecule has 2 rings (SSSR count). The number of ether oxygens (including phenoxy) is 1. The van der Waals surface area contributed by atoms with E-state index >= 15 is 0 Å². The number of fused-ring (bicyclic) bond motifs is 1. The number of esters is 1. The van der Waals surface area contributed by atoms with E-state index in [0.717, 1.165) is 30.4 Å². The second kappa shape index (κ2) is 4.98. The Hall–Kier alpha value is -1.55. The number of phenolic OH excluding ortho intramolecular Hbond substituents is 1. The van der Waals surface area contributed by atoms with Crippen LogP contribution in [0.4, 0.5) is 0 Å². The highest BCUT2D eigenvalue weighted by Crippen LogP contribution is 2.42. The average molecular weight is 249 g/mol. The highest BCUT2D eigenvalue weighted by atomic mass is 16.5. The predicted molar refractivity (Wildman–Crippen MR) is 68.4 cm³/mol. The SMILES string of the molecule is COC(=O)C1(CCN)CCCc2ccc(O)cc21. The van der Waals surface area contributed by atoms with Gasteiger partial charge in [-0.05, 0) is 55.5 Å². The van der Waals surface area contributed by atoms with Crippen LogP contribution in [0.1, 0.15) is 30.4 Å². The van der Waals surface area contributed by atoms with Crippen molar-refractivity contribution in [3.05, 3.63) is 29.3 Å². The molecule has 1 aromatic rings. The Morgan fingerprint density at radius 1 is 1.56 bits per heavy atom. The molecule has 1 aliphatic carbocycles. The van der Waals surface area contributed by atoms with Gasteiger partial charge >= 0.3 is 5.97 Å². The number of carbonyl (C=O) groups is 1. The van der Waals surface area contributed by atoms with E-state index in [-0.39, 0.29) is 11.7 Å². The van der Waals surface area contributed by atoms with Crippen LogP contribution in [0.2, 0.25) is 0 Å². The van der Waals surface area contributed by atoms with Crippen molar-refractivity contribution in [2.75, 3.05) is 13.7 Å². The molecule has 1 unspecified atom stereocenters. The molecule has 0 radical (unpaired) electrons. The molecule has 1 aromatic carbocycles. The van der Waals surface area contributed by atoms with Crippen molar-refractivity contribution in [3.63, 3.8) is 0 Å². The maximum Gasteiger partial charge on any atom is 0.316 e. The van der Waals surface area contributed by atoms with E-state index in [1.807, 2.05) is 6.07 Å². The van der Waals surface area contributed by atoms with Crippen LogP contribution < -0.4 is 5.73 Å². The summed E-state index contributed by atoms with van der Waals surface area (Å²) in [5.41, 5.74) is 6.97. The number of hydrogen-bond donors (Lipinski definition) is 2. The molecular weight excluding hydrogens is 230 g/mol. The molecule has 1 atom stereocenters. The zero-order chi connectivity index (χ0) is 13.2. The van der Waals surface area contributed by atoms with Gasteiger partial charge in [-0.3, -0.25) is 4.79 Å². The van der Waals surface area contributed by atoms with E-state index in [9.17, 15) is 9.90 Å². The summed E-state index contributed by atoms with van der Waals surface area (Å²) in [5, 5.41) is 9.66. The molecule has 1 aliphatic rings. The van der Waals surface area contributed by atoms with Crippen LogP contribution in [0.15, 0.2) is 18.2 Å². The Kier molecular flexibility index (Phi) is 3.57. The Bertz CT molecular complexity index is 458. The number of benzene rings is 1. The van der Waals surface area contributed by atoms with Crippen molar-refractivity contribution < 1.29 is 14.6 Å². The number of methoxy groups -OCH3 is 1. The summed E-state index contributed by atoms with van der Waals surface area (Å²) in [6.07, 6.45) is 3.15. The van der Waals surface area contributed by atoms with E-state index in [0.29, 0.717) is 13.0 Å². The summed E-state index contributed by atoms with van der Waals surface area (Å²) >= 11 is 0. The molecule has 0 spiro atoms. The van der Waals surface area contributed by atoms with Crippen molar-refractivity contribution in [2.45, 2.75) is 31.1 Å². The average Bonchev–Trinajstić information content (AvgIpc) is 2.38. The van der Waals surface area contributed by atoms with Crippen molar-refractivity contribution in [1.29, 1.82) is 0 Å². The van der Waals surface area contributed by atoms with Gasteiger partial charge in [-0.15, -0.1) is 0 Å². The lowest BCUT2D eigenvalue weighted by Gasteiger charge is -2.36. The van der Waals surface area contributed by atoms with E-state index in [1.54, 1.807) is 12.1 Å². The zero-order valence-electron chi connectivity index (χ0n) is 10.6. The third-order valence-corrected chi connectivity index (χ3v) is 3.81. The van der Waals surface area contributed by atoms with E-state index in [1.165, 1.54) is 7.11 Å². The molecule has 0 amide bonds. The van der Waals surface area contributed by atoms with Crippen LogP contribution in [0.25, 0.3) is 0 Å². The van der Waals surface area contributed by atoms with Gasteiger partial charge in [0.1, 0.15) is 5.75 Å². The first-order valence-electron chi connectivity index (χ1n) is 6.25. The lowest BCUT2D eigenvalue weighted by Crippen LogP contribution is -2.41. The molecule has 3 N–H and O–H groups in total. The van der Waals surface area contributed by atoms with Crippen molar-refractivity contribution in [1.82, 2.24) is 0 Å². The van der Waals surface area contributed by atoms with Crippen LogP contribution in [0.5, 0.6) is 5.75 Å². The first-order chi connectivity index (χ1) is 8.64. The first kappa shape index (κ1) is 12.9. The summed E-state index contributed by atoms with van der Waals surface area (Å²) < 4.78 is 4.97. The van der Waals surface area contributed by atoms with Crippen LogP contribution in [-0.2, 0) is 21.4 Å². The van der Waals surface area contributed by atoms with Gasteiger partial charge in [0.05, 0.1) is 12.5 Å². The molecule has 18 heavy (non-hydrogen) atoms. The van der Waals surface area contributed by atoms with Crippen LogP contribution in [0.3, 0.4) is 0 Å². The molecule has 0 saturated carbocycles. The number of rotatable bonds is 3. The minimum absolute atomic E-state index is 0.181. The fraction of sp³-hybridized carbons (Fsp3) is 0.500. The molecule has 0 fully saturated rings. The minimum atomic E-state index is -0.685. The molecule has 4 nitrogen and oxygen atoms in total. The Morgan fingerprint density at radius 2 is 2.33 bits per heavy atom. The third kappa shape index (κ3) is 1.97. The summed E-state index contributed by atoms with van der Waals surface area (Å²) in [4.78, 5) is 12.2. The predicted octanol–water partition coefficient (Wildman–Crippen LogP) is 1.49. The topological polar surface area (TPSA) is 72.5 Å². The third-order valence-electron chi connectivity index (χ3n) is 3.81. The van der Waals surface area contributed by atoms with E-state index in [4.69, 9.17) is 10.5 Å². The molecular formula is C14H19NO3. The molecule has 0 bridgehead atoms. The fourth-order valence-electron chi connectivity index (χ4n) is 2.96. The largest absolute Gasteiger partial charge is 0.508 e. The van der Waals surface area contributed by atoms with E-state index < -0.39 is 5.41 Å². The van der Waals surface area contributed by atoms with Gasteiger partial charge in [0.2, 0.25) is 0 Å². The second-order valence-corrected chi connectivity index (χ2v) is 4.81. The van der Waals surface area contributed by atoms with Crippen LogP contribution in [0, 0.1) is 0 Å². The van der Waals surface area contributed by atoms with Gasteiger partial charge in [-0.1, -0.05) is 6.07 Å². The number of nitrogens with two attached hydrogens (primary N) is 1. The van der Waals surface area contributed by atoms with Crippen molar-refractivity contribution >= 4 is 5.97 Å². The van der Waals surface area contributed by atoms with Gasteiger partial charge < -0.3 is 15.6 Å². The Morgan fingerprint density at radius 3 is 3.00 bits per heavy atom. The van der Waals surface area contributed by atoms with Gasteiger partial charge in [0.25, 0.3) is 0 Å². The normalized spacial score (nSPS) is 22.3. The molecule has 0 aliphatic heterocycles. The smallest absolute Gasteiger partial charge is 0.316 e. The Balaban J connectivity index is 2.56. The maximum absolute atomic E-state index is 12.2. The van der Waals surface area contributed by atoms with Gasteiger partial charge in [-0.25, -0.2) is 0 Å². The minimum Gasteiger partial charge on any atom is -0.508 e. The number of aryl methyl sites for hydroxylation is 1. The summed E-state index contributed by atoms with van der Waals surface area (Å²) in [7, 11) is 1.40. The highest BCUT2D eigenvalue weighted by molar-refractivity contribution is 5.84. The number of hydrogen-bond acceptors (Lipinski definition) is 4. The quantitative estimate of drug-likeness (QED) is 0.796. The molecule has 98 valence electrons.